The first kappa shape index (κ1) is 101. The Balaban J connectivity index is 0.000000165. The molecule has 0 saturated heterocycles. The van der Waals surface area contributed by atoms with Gasteiger partial charge in [0.25, 0.3) is 22.2 Å². The number of benzene rings is 4. The topological polar surface area (TPSA) is 393 Å². The average molecular weight is 1910 g/mol. The number of rotatable bonds is 32. The first-order valence-electron chi connectivity index (χ1n) is 43.9. The summed E-state index contributed by atoms with van der Waals surface area (Å²) in [6.07, 6.45) is 8.54. The number of alkyl halides is 5. The molecule has 4 aromatic carbocycles. The van der Waals surface area contributed by atoms with Gasteiger partial charge in [-0.1, -0.05) is 106 Å². The van der Waals surface area contributed by atoms with Crippen LogP contribution in [0.5, 0.6) is 51.7 Å². The number of ether oxygens (including phenoxy) is 5. The van der Waals surface area contributed by atoms with Gasteiger partial charge in [-0.15, -0.1) is 0 Å². The second kappa shape index (κ2) is 45.2. The number of aromatic nitrogens is 15. The van der Waals surface area contributed by atoms with Crippen LogP contribution in [0.25, 0.3) is 44.1 Å². The van der Waals surface area contributed by atoms with E-state index in [4.69, 9.17) is 35.7 Å². The van der Waals surface area contributed by atoms with Crippen molar-refractivity contribution in [3.63, 3.8) is 0 Å². The molecule has 38 heteroatoms. The fourth-order valence-electron chi connectivity index (χ4n) is 15.2. The lowest BCUT2D eigenvalue weighted by molar-refractivity contribution is -0.159. The van der Waals surface area contributed by atoms with Crippen molar-refractivity contribution in [3.8, 4) is 51.7 Å². The van der Waals surface area contributed by atoms with Gasteiger partial charge in [0.2, 0.25) is 0 Å². The van der Waals surface area contributed by atoms with Crippen LogP contribution < -0.4 is 68.7 Å². The Labute approximate surface area is 785 Å². The van der Waals surface area contributed by atoms with Gasteiger partial charge in [0.1, 0.15) is 80.0 Å². The lowest BCUT2D eigenvalue weighted by Gasteiger charge is -2.17. The van der Waals surface area contributed by atoms with Crippen molar-refractivity contribution in [1.29, 1.82) is 0 Å². The molecule has 0 amide bonds. The van der Waals surface area contributed by atoms with Crippen LogP contribution in [-0.2, 0) is 86.2 Å². The van der Waals surface area contributed by atoms with Crippen LogP contribution in [0.2, 0.25) is 5.02 Å². The molecule has 0 radical (unpaired) electrons. The second-order valence-electron chi connectivity index (χ2n) is 33.2. The maximum atomic E-state index is 13.5. The molecule has 0 aliphatic carbocycles. The van der Waals surface area contributed by atoms with Crippen LogP contribution in [-0.4, -0.2) is 124 Å². The molecular formula is C99H103ClF5N15O17. The van der Waals surface area contributed by atoms with Gasteiger partial charge in [-0.05, 0) is 152 Å². The van der Waals surface area contributed by atoms with E-state index in [0.29, 0.717) is 129 Å². The first-order valence-corrected chi connectivity index (χ1v) is 44.3. The standard InChI is InChI=1S/C27H29N3O4.C26H23F5N4O5.C24H23ClN4O4.C22H28N4O4/c1-18(2)20-11-7-12-21(16-20)34-23-17-28-25-24(22(23)15-19-9-5-4-6-10-19)26(32)30(13-8-14-31)27(33)29(25)3;1-25(27,28)40-17-6-3-5-16(12-17)39-19-14-33-22-21(23(37)35(9-4-10-36)24(38)34(22)2)18(19)11-15-7-8-20(32-13-15)26(29,30)31;1-15-10-18(13-26-12-15)33-20-14-27-22-21(19(20)11-16-4-6-17(25)7-5-16)23(31)29(8-3-9-30)24(32)28(22)2;1-14(2)6-7-17-18(30-16-10-15(3)11-23-12-16)13-24-20-19(17)21(28)26(8-5-9-27)22(29)25(20)4/h4-7,9-12,16-18,31H,8,13-15H2,1-3H3;3,5-8,12-14,36H,4,9-11H2,1-2H3;4-7,10,12-14,30H,3,8-9,11H2,1-2H3;10-14,27H,5-9H2,1-4H3. The zero-order valence-corrected chi connectivity index (χ0v) is 77.8. The summed E-state index contributed by atoms with van der Waals surface area (Å²) < 4.78 is 104. The molecule has 15 aromatic rings. The number of nitrogens with zero attached hydrogens (tertiary/aromatic N) is 15. The predicted octanol–water partition coefficient (Wildman–Crippen LogP) is 14.0. The minimum Gasteiger partial charge on any atom is -0.455 e. The van der Waals surface area contributed by atoms with Crippen molar-refractivity contribution in [2.45, 2.75) is 151 Å². The molecule has 718 valence electrons. The molecule has 0 saturated carbocycles. The third kappa shape index (κ3) is 24.6. The number of halogens is 6. The maximum absolute atomic E-state index is 13.5. The largest absolute Gasteiger partial charge is 0.455 e. The summed E-state index contributed by atoms with van der Waals surface area (Å²) in [4.78, 5) is 134. The maximum Gasteiger partial charge on any atom is 0.433 e. The lowest BCUT2D eigenvalue weighted by atomic mass is 10.0. The quantitative estimate of drug-likeness (QED) is 0.0284. The van der Waals surface area contributed by atoms with E-state index in [1.807, 2.05) is 86.6 Å². The fourth-order valence-corrected chi connectivity index (χ4v) is 15.3. The number of aryl methyl sites for hydroxylation is 7. The zero-order chi connectivity index (χ0) is 98.9. The Morgan fingerprint density at radius 2 is 0.745 bits per heavy atom. The van der Waals surface area contributed by atoms with Crippen LogP contribution in [0, 0.1) is 19.8 Å². The van der Waals surface area contributed by atoms with Gasteiger partial charge in [0.05, 0.1) is 58.7 Å². The highest BCUT2D eigenvalue weighted by Crippen LogP contribution is 2.38. The SMILES string of the molecule is CC(C)c1cccc(Oc2cnc3c(c2Cc2ccccc2)c(=O)n(CCCO)c(=O)n3C)c1.Cc1cncc(Oc2cnc3c(c2CCC(C)C)c(=O)n(CCCO)c(=O)n3C)c1.Cc1cncc(Oc2cnc3c(c2Cc2ccc(Cl)cc2)c(=O)n(CCCO)c(=O)n3C)c1.Cn1c(=O)n(CCCO)c(=O)c2c(Cc3ccc(C(F)(F)F)nc3)c(Oc3cccc(OC(C)(F)F)c3)cnc21. The van der Waals surface area contributed by atoms with Crippen molar-refractivity contribution in [1.82, 2.24) is 71.4 Å². The van der Waals surface area contributed by atoms with Crippen LogP contribution >= 0.6 is 11.6 Å². The molecule has 0 aliphatic rings. The summed E-state index contributed by atoms with van der Waals surface area (Å²) in [5, 5.41) is 38.4. The molecule has 0 unspecified atom stereocenters. The van der Waals surface area contributed by atoms with E-state index in [1.54, 1.807) is 70.5 Å². The molecule has 11 aromatic heterocycles. The van der Waals surface area contributed by atoms with Crippen LogP contribution in [0.15, 0.2) is 222 Å². The lowest BCUT2D eigenvalue weighted by Crippen LogP contribution is -2.40. The smallest absolute Gasteiger partial charge is 0.433 e. The Hall–Kier alpha value is -14.5. The van der Waals surface area contributed by atoms with Gasteiger partial charge in [-0.25, -0.2) is 39.1 Å². The summed E-state index contributed by atoms with van der Waals surface area (Å²) in [5.41, 5.74) is 3.07. The third-order valence-corrected chi connectivity index (χ3v) is 22.3. The highest BCUT2D eigenvalue weighted by molar-refractivity contribution is 6.30. The number of pyridine rings is 7. The van der Waals surface area contributed by atoms with E-state index in [2.05, 4.69) is 73.4 Å². The summed E-state index contributed by atoms with van der Waals surface area (Å²) >= 11 is 6.04. The molecule has 137 heavy (non-hydrogen) atoms. The minimum atomic E-state index is -4.66. The molecule has 15 rings (SSSR count). The van der Waals surface area contributed by atoms with Crippen molar-refractivity contribution in [2.75, 3.05) is 26.4 Å². The first-order chi connectivity index (χ1) is 65.4. The Morgan fingerprint density at radius 1 is 0.387 bits per heavy atom. The van der Waals surface area contributed by atoms with E-state index in [-0.39, 0.29) is 117 Å². The summed E-state index contributed by atoms with van der Waals surface area (Å²) in [5.74, 6) is 3.67. The van der Waals surface area contributed by atoms with E-state index in [9.17, 15) is 75.6 Å². The van der Waals surface area contributed by atoms with Gasteiger partial charge in [0, 0.05) is 159 Å². The van der Waals surface area contributed by atoms with E-state index in [0.717, 1.165) is 74.9 Å². The van der Waals surface area contributed by atoms with Crippen LogP contribution in [0.1, 0.15) is 134 Å². The molecule has 0 aliphatic heterocycles. The molecular weight excluding hydrogens is 1800 g/mol. The highest BCUT2D eigenvalue weighted by atomic mass is 35.5. The third-order valence-electron chi connectivity index (χ3n) is 22.1. The van der Waals surface area contributed by atoms with Gasteiger partial charge >= 0.3 is 35.0 Å². The molecule has 0 bridgehead atoms. The molecule has 0 atom stereocenters. The molecule has 11 heterocycles. The monoisotopic (exact) mass is 1900 g/mol. The van der Waals surface area contributed by atoms with Crippen molar-refractivity contribution in [3.05, 3.63) is 333 Å². The fraction of sp³-hybridized carbons (Fsp3) is 0.323. The van der Waals surface area contributed by atoms with Gasteiger partial charge in [-0.3, -0.25) is 70.7 Å². The van der Waals surface area contributed by atoms with Crippen molar-refractivity contribution in [2.24, 2.45) is 34.1 Å². The number of fused-ring (bicyclic) bond motifs is 4. The normalized spacial score (nSPS) is 11.5. The van der Waals surface area contributed by atoms with Crippen molar-refractivity contribution >= 4 is 55.7 Å². The summed E-state index contributed by atoms with van der Waals surface area (Å²) in [7, 11) is 6.17. The predicted molar refractivity (Wildman–Crippen MR) is 507 cm³/mol. The zero-order valence-electron chi connectivity index (χ0n) is 77.1. The van der Waals surface area contributed by atoms with Gasteiger partial charge < -0.3 is 44.1 Å². The Bertz CT molecular complexity index is 7410. The van der Waals surface area contributed by atoms with Gasteiger partial charge in [-0.2, -0.15) is 22.0 Å². The van der Waals surface area contributed by atoms with E-state index >= 15 is 0 Å². The molecule has 32 nitrogen and oxygen atoms in total. The number of aliphatic hydroxyl groups excluding tert-OH is 4. The van der Waals surface area contributed by atoms with Gasteiger partial charge in [0.15, 0.2) is 0 Å². The molecule has 0 spiro atoms. The summed E-state index contributed by atoms with van der Waals surface area (Å²) in [6, 6.07) is 36.0. The Morgan fingerprint density at radius 3 is 1.11 bits per heavy atom. The number of hydrogen-bond donors (Lipinski definition) is 4. The van der Waals surface area contributed by atoms with E-state index in [1.165, 1.54) is 63.5 Å². The number of aliphatic hydroxyl groups is 4. The van der Waals surface area contributed by atoms with Crippen LogP contribution in [0.3, 0.4) is 0 Å². The second-order valence-corrected chi connectivity index (χ2v) is 33.7. The van der Waals surface area contributed by atoms with E-state index < -0.39 is 63.0 Å². The molecule has 0 fully saturated rings. The average Bonchev–Trinajstić information content (AvgIpc) is 0.762. The highest BCUT2D eigenvalue weighted by Gasteiger charge is 2.33. The summed E-state index contributed by atoms with van der Waals surface area (Å²) in [6.45, 7) is 12.5. The molecule has 4 N–H and O–H groups in total. The Kier molecular flexibility index (Phi) is 33.5. The number of hydrogen-bond acceptors (Lipinski definition) is 24. The van der Waals surface area contributed by atoms with Crippen molar-refractivity contribution < 1.29 is 66.1 Å². The van der Waals surface area contributed by atoms with Crippen LogP contribution in [0.4, 0.5) is 22.0 Å². The minimum absolute atomic E-state index is 0.0137.